The van der Waals surface area contributed by atoms with Crippen molar-refractivity contribution in [2.24, 2.45) is 0 Å². The molecule has 0 unspecified atom stereocenters. The summed E-state index contributed by atoms with van der Waals surface area (Å²) in [5.74, 6) is -1.46. The number of aliphatic carboxylic acids is 1. The van der Waals surface area contributed by atoms with Crippen LogP contribution in [0.1, 0.15) is 25.7 Å². The minimum Gasteiger partial charge on any atom is -0.478 e. The van der Waals surface area contributed by atoms with Crippen molar-refractivity contribution in [3.63, 3.8) is 0 Å². The van der Waals surface area contributed by atoms with Crippen LogP contribution >= 0.6 is 0 Å². The first kappa shape index (κ1) is 13.2. The Morgan fingerprint density at radius 2 is 2.07 bits per heavy atom. The highest BCUT2D eigenvalue weighted by molar-refractivity contribution is 5.85. The largest absolute Gasteiger partial charge is 0.478 e. The summed E-state index contributed by atoms with van der Waals surface area (Å²) in [5.41, 5.74) is 0.0832. The van der Waals surface area contributed by atoms with Gasteiger partial charge in [0.25, 0.3) is 0 Å². The maximum absolute atomic E-state index is 11.0. The highest BCUT2D eigenvalue weighted by Crippen LogP contribution is 2.06. The molecule has 1 N–H and O–H groups in total. The first-order valence-corrected chi connectivity index (χ1v) is 4.51. The van der Waals surface area contributed by atoms with Gasteiger partial charge in [0, 0.05) is 12.0 Å². The van der Waals surface area contributed by atoms with Gasteiger partial charge in [-0.3, -0.25) is 4.79 Å². The highest BCUT2D eigenvalue weighted by atomic mass is 16.5. The fourth-order valence-electron chi connectivity index (χ4n) is 0.836. The number of nitrogens with zero attached hydrogens (tertiary/aromatic N) is 1. The second-order valence-electron chi connectivity index (χ2n) is 2.89. The molecule has 5 heteroatoms. The molecular formula is C10H13NO4. The van der Waals surface area contributed by atoms with E-state index >= 15 is 0 Å². The maximum Gasteiger partial charge on any atom is 0.330 e. The first-order valence-electron chi connectivity index (χ1n) is 4.51. The van der Waals surface area contributed by atoms with Gasteiger partial charge >= 0.3 is 11.9 Å². The number of carbonyl (C=O) groups excluding carboxylic acids is 1. The SMILES string of the molecule is C=C(CCCC(=O)OCCC#N)C(=O)O. The van der Waals surface area contributed by atoms with Crippen molar-refractivity contribution in [3.05, 3.63) is 12.2 Å². The maximum atomic E-state index is 11.0. The predicted octanol–water partition coefficient (Wildman–Crippen LogP) is 1.25. The number of carboxylic acids is 1. The topological polar surface area (TPSA) is 87.4 Å². The molecular weight excluding hydrogens is 198 g/mol. The predicted molar refractivity (Wildman–Crippen MR) is 51.8 cm³/mol. The standard InChI is InChI=1S/C10H13NO4/c1-8(10(13)14)4-2-5-9(12)15-7-3-6-11/h1-5,7H2,(H,13,14). The zero-order chi connectivity index (χ0) is 11.7. The molecule has 0 atom stereocenters. The molecule has 0 aromatic rings. The van der Waals surface area contributed by atoms with Gasteiger partial charge in [-0.15, -0.1) is 0 Å². The van der Waals surface area contributed by atoms with Crippen molar-refractivity contribution in [2.75, 3.05) is 6.61 Å². The number of rotatable bonds is 7. The van der Waals surface area contributed by atoms with Gasteiger partial charge in [0.15, 0.2) is 0 Å². The summed E-state index contributed by atoms with van der Waals surface area (Å²) in [5, 5.41) is 16.6. The van der Waals surface area contributed by atoms with Crippen LogP contribution in [0.2, 0.25) is 0 Å². The molecule has 0 radical (unpaired) electrons. The van der Waals surface area contributed by atoms with Gasteiger partial charge in [-0.05, 0) is 12.8 Å². The number of esters is 1. The van der Waals surface area contributed by atoms with E-state index in [1.807, 2.05) is 6.07 Å². The average Bonchev–Trinajstić information content (AvgIpc) is 2.18. The quantitative estimate of drug-likeness (QED) is 0.389. The molecule has 0 bridgehead atoms. The lowest BCUT2D eigenvalue weighted by Gasteiger charge is -2.02. The third-order valence-electron chi connectivity index (χ3n) is 1.64. The van der Waals surface area contributed by atoms with Crippen molar-refractivity contribution in [3.8, 4) is 6.07 Å². The summed E-state index contributed by atoms with van der Waals surface area (Å²) >= 11 is 0. The molecule has 0 spiro atoms. The van der Waals surface area contributed by atoms with Crippen LogP contribution in [0.4, 0.5) is 0 Å². The van der Waals surface area contributed by atoms with E-state index < -0.39 is 11.9 Å². The van der Waals surface area contributed by atoms with E-state index in [1.54, 1.807) is 0 Å². The number of carbonyl (C=O) groups is 2. The molecule has 15 heavy (non-hydrogen) atoms. The van der Waals surface area contributed by atoms with Gasteiger partial charge < -0.3 is 9.84 Å². The number of hydrogen-bond acceptors (Lipinski definition) is 4. The van der Waals surface area contributed by atoms with Gasteiger partial charge in [0.2, 0.25) is 0 Å². The Morgan fingerprint density at radius 3 is 2.60 bits per heavy atom. The van der Waals surface area contributed by atoms with Crippen LogP contribution in [0.5, 0.6) is 0 Å². The van der Waals surface area contributed by atoms with Gasteiger partial charge in [0.05, 0.1) is 12.5 Å². The Hall–Kier alpha value is -1.83. The third kappa shape index (κ3) is 7.26. The van der Waals surface area contributed by atoms with Crippen molar-refractivity contribution in [1.82, 2.24) is 0 Å². The average molecular weight is 211 g/mol. The number of carboxylic acid groups (broad SMARTS) is 1. The number of hydrogen-bond donors (Lipinski definition) is 1. The van der Waals surface area contributed by atoms with E-state index in [1.165, 1.54) is 0 Å². The summed E-state index contributed by atoms with van der Waals surface area (Å²) in [6.07, 6.45) is 0.991. The molecule has 0 aliphatic heterocycles. The van der Waals surface area contributed by atoms with Crippen molar-refractivity contribution in [2.45, 2.75) is 25.7 Å². The Bertz CT molecular complexity index is 290. The molecule has 0 aromatic carbocycles. The zero-order valence-corrected chi connectivity index (χ0v) is 8.36. The summed E-state index contributed by atoms with van der Waals surface area (Å²) < 4.78 is 4.69. The summed E-state index contributed by atoms with van der Waals surface area (Å²) in [7, 11) is 0. The van der Waals surface area contributed by atoms with Crippen LogP contribution in [0.3, 0.4) is 0 Å². The summed E-state index contributed by atoms with van der Waals surface area (Å²) in [4.78, 5) is 21.3. The number of nitriles is 1. The third-order valence-corrected chi connectivity index (χ3v) is 1.64. The fourth-order valence-corrected chi connectivity index (χ4v) is 0.836. The molecule has 0 heterocycles. The minimum absolute atomic E-state index is 0.0832. The van der Waals surface area contributed by atoms with E-state index in [2.05, 4.69) is 11.3 Å². The Balaban J connectivity index is 3.52. The molecule has 0 aliphatic carbocycles. The lowest BCUT2D eigenvalue weighted by Crippen LogP contribution is -2.06. The molecule has 0 saturated heterocycles. The van der Waals surface area contributed by atoms with Crippen LogP contribution < -0.4 is 0 Å². The smallest absolute Gasteiger partial charge is 0.330 e. The molecule has 0 fully saturated rings. The second-order valence-corrected chi connectivity index (χ2v) is 2.89. The monoisotopic (exact) mass is 211 g/mol. The fraction of sp³-hybridized carbons (Fsp3) is 0.500. The van der Waals surface area contributed by atoms with Gasteiger partial charge in [-0.1, -0.05) is 6.58 Å². The Labute approximate surface area is 88.0 Å². The normalized spacial score (nSPS) is 9.00. The molecule has 82 valence electrons. The van der Waals surface area contributed by atoms with Crippen LogP contribution in [0, 0.1) is 11.3 Å². The van der Waals surface area contributed by atoms with E-state index in [0.717, 1.165) is 0 Å². The Morgan fingerprint density at radius 1 is 1.40 bits per heavy atom. The molecule has 5 nitrogen and oxygen atoms in total. The molecule has 0 aliphatic rings. The van der Waals surface area contributed by atoms with Crippen molar-refractivity contribution >= 4 is 11.9 Å². The van der Waals surface area contributed by atoms with Gasteiger partial charge in [-0.25, -0.2) is 4.79 Å². The number of ether oxygens (including phenoxy) is 1. The minimum atomic E-state index is -1.05. The summed E-state index contributed by atoms with van der Waals surface area (Å²) in [6.45, 7) is 3.42. The van der Waals surface area contributed by atoms with Crippen LogP contribution in [0.25, 0.3) is 0 Å². The molecule has 0 rings (SSSR count). The van der Waals surface area contributed by atoms with Gasteiger partial charge in [-0.2, -0.15) is 5.26 Å². The van der Waals surface area contributed by atoms with Crippen LogP contribution in [-0.2, 0) is 14.3 Å². The second kappa shape index (κ2) is 7.56. The van der Waals surface area contributed by atoms with Crippen molar-refractivity contribution in [1.29, 1.82) is 5.26 Å². The zero-order valence-electron chi connectivity index (χ0n) is 8.36. The molecule has 0 saturated carbocycles. The van der Waals surface area contributed by atoms with Crippen molar-refractivity contribution < 1.29 is 19.4 Å². The molecule has 0 aromatic heterocycles. The highest BCUT2D eigenvalue weighted by Gasteiger charge is 2.06. The van der Waals surface area contributed by atoms with Gasteiger partial charge in [0.1, 0.15) is 6.61 Å². The van der Waals surface area contributed by atoms with E-state index in [0.29, 0.717) is 6.42 Å². The first-order chi connectivity index (χ1) is 7.07. The van der Waals surface area contributed by atoms with Crippen LogP contribution in [-0.4, -0.2) is 23.7 Å². The summed E-state index contributed by atoms with van der Waals surface area (Å²) in [6, 6.07) is 1.84. The lowest BCUT2D eigenvalue weighted by molar-refractivity contribution is -0.143. The van der Waals surface area contributed by atoms with E-state index in [9.17, 15) is 9.59 Å². The van der Waals surface area contributed by atoms with E-state index in [-0.39, 0.29) is 31.4 Å². The Kier molecular flexibility index (Phi) is 6.64. The molecule has 0 amide bonds. The van der Waals surface area contributed by atoms with Crippen LogP contribution in [0.15, 0.2) is 12.2 Å². The lowest BCUT2D eigenvalue weighted by atomic mass is 10.1. The van der Waals surface area contributed by atoms with E-state index in [4.69, 9.17) is 10.4 Å².